The summed E-state index contributed by atoms with van der Waals surface area (Å²) < 4.78 is 4.95. The monoisotopic (exact) mass is 314 g/mol. The van der Waals surface area contributed by atoms with Gasteiger partial charge in [0.1, 0.15) is 10.7 Å². The predicted molar refractivity (Wildman–Crippen MR) is 82.7 cm³/mol. The molecule has 0 saturated carbocycles. The second-order valence-electron chi connectivity index (χ2n) is 5.44. The lowest BCUT2D eigenvalue weighted by molar-refractivity contribution is -0.00185. The average molecular weight is 314 g/mol. The Morgan fingerprint density at radius 1 is 1.57 bits per heavy atom. The Hall–Kier alpha value is -1.38. The summed E-state index contributed by atoms with van der Waals surface area (Å²) in [5.74, 6) is 0.141. The summed E-state index contributed by atoms with van der Waals surface area (Å²) in [6.45, 7) is 4.05. The first kappa shape index (κ1) is 16.0. The molecule has 1 aliphatic rings. The number of anilines is 2. The third-order valence-electron chi connectivity index (χ3n) is 3.56. The molecule has 1 saturated heterocycles. The second kappa shape index (κ2) is 6.59. The maximum Gasteiger partial charge on any atom is 0.267 e. The quantitative estimate of drug-likeness (QED) is 0.694. The standard InChI is InChI=1S/C13H22N4O3S/c1-13(19)3-6-17(7-4-13)11(18)9-10(14)16-12(21-9)15-5-8-20-2/h19H,3-8,14H2,1-2H3,(H,15,16). The number of piperidine rings is 1. The fraction of sp³-hybridized carbons (Fsp3) is 0.692. The maximum absolute atomic E-state index is 12.5. The van der Waals surface area contributed by atoms with Gasteiger partial charge < -0.3 is 25.8 Å². The number of amides is 1. The van der Waals surface area contributed by atoms with Crippen LogP contribution in [0.4, 0.5) is 10.9 Å². The van der Waals surface area contributed by atoms with E-state index >= 15 is 0 Å². The van der Waals surface area contributed by atoms with E-state index in [1.54, 1.807) is 18.9 Å². The highest BCUT2D eigenvalue weighted by atomic mass is 32.1. The lowest BCUT2D eigenvalue weighted by Gasteiger charge is -2.35. The van der Waals surface area contributed by atoms with Crippen molar-refractivity contribution in [3.63, 3.8) is 0 Å². The van der Waals surface area contributed by atoms with Gasteiger partial charge in [-0.2, -0.15) is 0 Å². The van der Waals surface area contributed by atoms with Gasteiger partial charge in [0.25, 0.3) is 5.91 Å². The number of likely N-dealkylation sites (tertiary alicyclic amines) is 1. The van der Waals surface area contributed by atoms with Crippen molar-refractivity contribution >= 4 is 28.2 Å². The van der Waals surface area contributed by atoms with Gasteiger partial charge in [0.2, 0.25) is 0 Å². The summed E-state index contributed by atoms with van der Waals surface area (Å²) in [5, 5.41) is 13.6. The molecule has 2 heterocycles. The van der Waals surface area contributed by atoms with E-state index in [0.29, 0.717) is 49.1 Å². The molecular weight excluding hydrogens is 292 g/mol. The Morgan fingerprint density at radius 3 is 2.86 bits per heavy atom. The van der Waals surface area contributed by atoms with Crippen molar-refractivity contribution in [1.82, 2.24) is 9.88 Å². The molecule has 1 fully saturated rings. The van der Waals surface area contributed by atoms with Crippen LogP contribution in [-0.4, -0.2) is 59.8 Å². The Morgan fingerprint density at radius 2 is 2.24 bits per heavy atom. The van der Waals surface area contributed by atoms with E-state index in [4.69, 9.17) is 10.5 Å². The average Bonchev–Trinajstić information content (AvgIpc) is 2.79. The van der Waals surface area contributed by atoms with Crippen LogP contribution in [0.5, 0.6) is 0 Å². The molecule has 2 rings (SSSR count). The van der Waals surface area contributed by atoms with E-state index in [1.165, 1.54) is 11.3 Å². The zero-order valence-corrected chi connectivity index (χ0v) is 13.2. The fourth-order valence-corrected chi connectivity index (χ4v) is 3.03. The van der Waals surface area contributed by atoms with Crippen LogP contribution in [0, 0.1) is 0 Å². The molecule has 1 aromatic heterocycles. The lowest BCUT2D eigenvalue weighted by Crippen LogP contribution is -2.45. The number of nitrogens with one attached hydrogen (secondary N) is 1. The highest BCUT2D eigenvalue weighted by Gasteiger charge is 2.31. The van der Waals surface area contributed by atoms with Gasteiger partial charge in [-0.15, -0.1) is 0 Å². The van der Waals surface area contributed by atoms with E-state index in [1.807, 2.05) is 0 Å². The molecule has 0 bridgehead atoms. The smallest absolute Gasteiger partial charge is 0.267 e. The molecule has 0 aliphatic carbocycles. The van der Waals surface area contributed by atoms with E-state index in [0.717, 1.165) is 0 Å². The summed E-state index contributed by atoms with van der Waals surface area (Å²) >= 11 is 1.26. The maximum atomic E-state index is 12.5. The number of hydrogen-bond acceptors (Lipinski definition) is 7. The molecule has 1 aromatic rings. The molecule has 118 valence electrons. The first-order valence-corrected chi connectivity index (χ1v) is 7.75. The van der Waals surface area contributed by atoms with Crippen LogP contribution in [-0.2, 0) is 4.74 Å². The molecule has 4 N–H and O–H groups in total. The first-order chi connectivity index (χ1) is 9.93. The highest BCUT2D eigenvalue weighted by Crippen LogP contribution is 2.28. The number of methoxy groups -OCH3 is 1. The van der Waals surface area contributed by atoms with Gasteiger partial charge in [0.05, 0.1) is 12.2 Å². The van der Waals surface area contributed by atoms with Gasteiger partial charge >= 0.3 is 0 Å². The van der Waals surface area contributed by atoms with E-state index < -0.39 is 5.60 Å². The summed E-state index contributed by atoms with van der Waals surface area (Å²) in [6.07, 6.45) is 1.16. The fourth-order valence-electron chi connectivity index (χ4n) is 2.16. The van der Waals surface area contributed by atoms with Gasteiger partial charge in [0, 0.05) is 26.7 Å². The normalized spacial score (nSPS) is 17.8. The van der Waals surface area contributed by atoms with Crippen LogP contribution in [0.1, 0.15) is 29.4 Å². The number of ether oxygens (including phenoxy) is 1. The summed E-state index contributed by atoms with van der Waals surface area (Å²) in [6, 6.07) is 0. The van der Waals surface area contributed by atoms with Crippen LogP contribution in [0.2, 0.25) is 0 Å². The molecule has 8 heteroatoms. The minimum Gasteiger partial charge on any atom is -0.390 e. The Labute approximate surface area is 128 Å². The largest absolute Gasteiger partial charge is 0.390 e. The first-order valence-electron chi connectivity index (χ1n) is 6.94. The van der Waals surface area contributed by atoms with Crippen LogP contribution >= 0.6 is 11.3 Å². The topological polar surface area (TPSA) is 101 Å². The van der Waals surface area contributed by atoms with Gasteiger partial charge in [-0.3, -0.25) is 4.79 Å². The van der Waals surface area contributed by atoms with E-state index in [2.05, 4.69) is 10.3 Å². The number of nitrogens with two attached hydrogens (primary N) is 1. The molecule has 1 amide bonds. The van der Waals surface area contributed by atoms with Crippen molar-refractivity contribution in [3.05, 3.63) is 4.88 Å². The highest BCUT2D eigenvalue weighted by molar-refractivity contribution is 7.18. The summed E-state index contributed by atoms with van der Waals surface area (Å²) in [4.78, 5) is 18.8. The number of carbonyl (C=O) groups excluding carboxylic acids is 1. The van der Waals surface area contributed by atoms with Crippen LogP contribution in [0.15, 0.2) is 0 Å². The third-order valence-corrected chi connectivity index (χ3v) is 4.57. The molecule has 1 aliphatic heterocycles. The summed E-state index contributed by atoms with van der Waals surface area (Å²) in [7, 11) is 1.62. The SMILES string of the molecule is COCCNc1nc(N)c(C(=O)N2CCC(C)(O)CC2)s1. The Kier molecular flexibility index (Phi) is 5.02. The van der Waals surface area contributed by atoms with Crippen molar-refractivity contribution in [1.29, 1.82) is 0 Å². The number of aromatic nitrogens is 1. The van der Waals surface area contributed by atoms with Crippen molar-refractivity contribution in [2.75, 3.05) is 44.4 Å². The molecule has 0 aromatic carbocycles. The van der Waals surface area contributed by atoms with Gasteiger partial charge in [-0.1, -0.05) is 11.3 Å². The summed E-state index contributed by atoms with van der Waals surface area (Å²) in [5.41, 5.74) is 5.16. The lowest BCUT2D eigenvalue weighted by atomic mass is 9.94. The molecule has 21 heavy (non-hydrogen) atoms. The van der Waals surface area contributed by atoms with Crippen molar-refractivity contribution in [2.24, 2.45) is 0 Å². The molecule has 7 nitrogen and oxygen atoms in total. The minimum absolute atomic E-state index is 0.111. The van der Waals surface area contributed by atoms with Crippen LogP contribution < -0.4 is 11.1 Å². The van der Waals surface area contributed by atoms with Gasteiger partial charge in [0.15, 0.2) is 5.13 Å². The Bertz CT molecular complexity index is 494. The molecule has 0 atom stereocenters. The third kappa shape index (κ3) is 4.05. The zero-order chi connectivity index (χ0) is 15.5. The predicted octanol–water partition coefficient (Wildman–Crippen LogP) is 0.771. The van der Waals surface area contributed by atoms with Crippen molar-refractivity contribution in [3.8, 4) is 0 Å². The zero-order valence-electron chi connectivity index (χ0n) is 12.4. The van der Waals surface area contributed by atoms with Crippen molar-refractivity contribution in [2.45, 2.75) is 25.4 Å². The number of aliphatic hydroxyl groups is 1. The number of rotatable bonds is 5. The van der Waals surface area contributed by atoms with E-state index in [9.17, 15) is 9.90 Å². The molecule has 0 spiro atoms. The molecule has 0 radical (unpaired) electrons. The van der Waals surface area contributed by atoms with Gasteiger partial charge in [-0.05, 0) is 19.8 Å². The number of thiazole rings is 1. The number of nitrogens with zero attached hydrogens (tertiary/aromatic N) is 2. The van der Waals surface area contributed by atoms with Crippen LogP contribution in [0.25, 0.3) is 0 Å². The van der Waals surface area contributed by atoms with E-state index in [-0.39, 0.29) is 11.7 Å². The van der Waals surface area contributed by atoms with Crippen LogP contribution in [0.3, 0.4) is 0 Å². The molecule has 0 unspecified atom stereocenters. The minimum atomic E-state index is -0.678. The Balaban J connectivity index is 1.99. The number of nitrogen functional groups attached to an aromatic ring is 1. The van der Waals surface area contributed by atoms with Crippen molar-refractivity contribution < 1.29 is 14.6 Å². The second-order valence-corrected chi connectivity index (χ2v) is 6.44. The number of carbonyl (C=O) groups is 1. The molecular formula is C13H22N4O3S. The number of hydrogen-bond donors (Lipinski definition) is 3. The van der Waals surface area contributed by atoms with Gasteiger partial charge in [-0.25, -0.2) is 4.98 Å².